The van der Waals surface area contributed by atoms with E-state index in [0.717, 1.165) is 4.47 Å². The molecule has 20 heavy (non-hydrogen) atoms. The van der Waals surface area contributed by atoms with Crippen molar-refractivity contribution in [2.24, 2.45) is 0 Å². The van der Waals surface area contributed by atoms with Gasteiger partial charge in [-0.1, -0.05) is 13.8 Å². The zero-order chi connectivity index (χ0) is 14.7. The van der Waals surface area contributed by atoms with Crippen LogP contribution in [0, 0.1) is 5.82 Å². The zero-order valence-electron chi connectivity index (χ0n) is 11.1. The third kappa shape index (κ3) is 2.80. The van der Waals surface area contributed by atoms with Crippen molar-refractivity contribution in [2.75, 3.05) is 5.73 Å². The second-order valence-corrected chi connectivity index (χ2v) is 4.76. The Kier molecular flexibility index (Phi) is 4.34. The van der Waals surface area contributed by atoms with Crippen LogP contribution < -0.4 is 5.73 Å². The number of hydrogen-bond acceptors (Lipinski definition) is 3. The topological polar surface area (TPSA) is 56.2 Å². The van der Waals surface area contributed by atoms with Crippen LogP contribution in [0.25, 0.3) is 17.0 Å². The summed E-state index contributed by atoms with van der Waals surface area (Å²) >= 11 is 3.32. The lowest BCUT2D eigenvalue weighted by Gasteiger charge is -2.00. The van der Waals surface area contributed by atoms with Crippen molar-refractivity contribution >= 4 is 27.4 Å². The molecule has 104 valence electrons. The summed E-state index contributed by atoms with van der Waals surface area (Å²) in [7, 11) is 0. The molecule has 6 heteroatoms. The molecule has 0 atom stereocenters. The number of rotatable bonds is 1. The number of halogens is 2. The molecule has 4 nitrogen and oxygen atoms in total. The second-order valence-electron chi connectivity index (χ2n) is 3.84. The van der Waals surface area contributed by atoms with Gasteiger partial charge in [0.1, 0.15) is 5.82 Å². The van der Waals surface area contributed by atoms with E-state index < -0.39 is 0 Å². The van der Waals surface area contributed by atoms with Crippen LogP contribution in [0.15, 0.2) is 41.3 Å². The molecular weight excluding hydrogens is 323 g/mol. The normalized spacial score (nSPS) is 10.2. The largest absolute Gasteiger partial charge is 0.399 e. The Labute approximate surface area is 124 Å². The Morgan fingerprint density at radius 1 is 1.25 bits per heavy atom. The van der Waals surface area contributed by atoms with E-state index in [2.05, 4.69) is 25.9 Å². The first-order valence-electron chi connectivity index (χ1n) is 6.19. The fourth-order valence-electron chi connectivity index (χ4n) is 1.73. The number of hydrogen-bond donors (Lipinski definition) is 1. The van der Waals surface area contributed by atoms with Crippen molar-refractivity contribution in [3.63, 3.8) is 0 Å². The average Bonchev–Trinajstić information content (AvgIpc) is 2.86. The maximum Gasteiger partial charge on any atom is 0.234 e. The van der Waals surface area contributed by atoms with E-state index in [-0.39, 0.29) is 5.82 Å². The fourth-order valence-corrected chi connectivity index (χ4v) is 2.05. The number of benzene rings is 1. The van der Waals surface area contributed by atoms with Crippen LogP contribution >= 0.6 is 15.9 Å². The summed E-state index contributed by atoms with van der Waals surface area (Å²) in [6.07, 6.45) is 5.16. The Bertz CT molecular complexity index is 739. The first-order valence-corrected chi connectivity index (χ1v) is 6.98. The van der Waals surface area contributed by atoms with Crippen LogP contribution in [0.2, 0.25) is 0 Å². The number of imidazole rings is 1. The molecule has 0 radical (unpaired) electrons. The SMILES string of the molecule is CC.Nc1ccc(F)c(-c2cn3cc(Br)cnc3n2)c1. The van der Waals surface area contributed by atoms with Gasteiger partial charge < -0.3 is 5.73 Å². The van der Waals surface area contributed by atoms with E-state index in [4.69, 9.17) is 5.73 Å². The number of nitrogens with two attached hydrogens (primary N) is 1. The molecule has 2 heterocycles. The van der Waals surface area contributed by atoms with E-state index in [0.29, 0.717) is 22.7 Å². The van der Waals surface area contributed by atoms with Crippen LogP contribution in [-0.4, -0.2) is 14.4 Å². The first-order chi connectivity index (χ1) is 9.63. The van der Waals surface area contributed by atoms with Gasteiger partial charge in [0.05, 0.1) is 10.2 Å². The van der Waals surface area contributed by atoms with Gasteiger partial charge in [-0.2, -0.15) is 0 Å². The number of nitrogen functional groups attached to an aromatic ring is 1. The summed E-state index contributed by atoms with van der Waals surface area (Å²) in [6.45, 7) is 4.00. The highest BCUT2D eigenvalue weighted by Crippen LogP contribution is 2.24. The molecule has 0 aliphatic heterocycles. The van der Waals surface area contributed by atoms with Crippen LogP contribution in [-0.2, 0) is 0 Å². The van der Waals surface area contributed by atoms with Crippen molar-refractivity contribution < 1.29 is 4.39 Å². The second kappa shape index (κ2) is 6.00. The molecule has 2 N–H and O–H groups in total. The third-order valence-electron chi connectivity index (χ3n) is 2.54. The highest BCUT2D eigenvalue weighted by atomic mass is 79.9. The molecule has 2 aromatic heterocycles. The van der Waals surface area contributed by atoms with E-state index in [1.54, 1.807) is 22.9 Å². The molecule has 0 bridgehead atoms. The van der Waals surface area contributed by atoms with Gasteiger partial charge in [-0.15, -0.1) is 0 Å². The Balaban J connectivity index is 0.000000704. The summed E-state index contributed by atoms with van der Waals surface area (Å²) in [4.78, 5) is 8.39. The lowest BCUT2D eigenvalue weighted by Crippen LogP contribution is -1.89. The van der Waals surface area contributed by atoms with Crippen molar-refractivity contribution in [2.45, 2.75) is 13.8 Å². The Morgan fingerprint density at radius 3 is 2.75 bits per heavy atom. The van der Waals surface area contributed by atoms with E-state index in [1.165, 1.54) is 12.1 Å². The van der Waals surface area contributed by atoms with Gasteiger partial charge in [-0.3, -0.25) is 4.40 Å². The van der Waals surface area contributed by atoms with Gasteiger partial charge in [0.2, 0.25) is 5.78 Å². The molecule has 0 unspecified atom stereocenters. The molecule has 3 rings (SSSR count). The molecular formula is C14H14BrFN4. The van der Waals surface area contributed by atoms with Crippen molar-refractivity contribution in [3.05, 3.63) is 47.1 Å². The van der Waals surface area contributed by atoms with Crippen LogP contribution in [0.5, 0.6) is 0 Å². The molecule has 0 spiro atoms. The molecule has 3 aromatic rings. The maximum atomic E-state index is 13.7. The summed E-state index contributed by atoms with van der Waals surface area (Å²) in [5.41, 5.74) is 7.03. The van der Waals surface area contributed by atoms with Crippen LogP contribution in [0.4, 0.5) is 10.1 Å². The number of fused-ring (bicyclic) bond motifs is 1. The minimum absolute atomic E-state index is 0.355. The minimum Gasteiger partial charge on any atom is -0.399 e. The third-order valence-corrected chi connectivity index (χ3v) is 2.95. The predicted octanol–water partition coefficient (Wildman–Crippen LogP) is 3.91. The molecule has 0 fully saturated rings. The van der Waals surface area contributed by atoms with Gasteiger partial charge in [-0.05, 0) is 34.1 Å². The molecule has 0 amide bonds. The van der Waals surface area contributed by atoms with E-state index in [9.17, 15) is 4.39 Å². The first kappa shape index (κ1) is 14.5. The zero-order valence-corrected chi connectivity index (χ0v) is 12.7. The lowest BCUT2D eigenvalue weighted by molar-refractivity contribution is 0.631. The van der Waals surface area contributed by atoms with Crippen molar-refractivity contribution in [1.29, 1.82) is 0 Å². The highest BCUT2D eigenvalue weighted by molar-refractivity contribution is 9.10. The number of nitrogens with zero attached hydrogens (tertiary/aromatic N) is 3. The lowest BCUT2D eigenvalue weighted by atomic mass is 10.1. The molecule has 0 saturated carbocycles. The predicted molar refractivity (Wildman–Crippen MR) is 81.8 cm³/mol. The molecule has 0 aliphatic rings. The van der Waals surface area contributed by atoms with E-state index >= 15 is 0 Å². The number of aromatic nitrogens is 3. The highest BCUT2D eigenvalue weighted by Gasteiger charge is 2.10. The monoisotopic (exact) mass is 336 g/mol. The molecule has 0 saturated heterocycles. The number of anilines is 1. The van der Waals surface area contributed by atoms with Gasteiger partial charge in [0.25, 0.3) is 0 Å². The van der Waals surface area contributed by atoms with Crippen molar-refractivity contribution in [1.82, 2.24) is 14.4 Å². The Morgan fingerprint density at radius 2 is 2.00 bits per heavy atom. The fraction of sp³-hybridized carbons (Fsp3) is 0.143. The molecule has 1 aromatic carbocycles. The van der Waals surface area contributed by atoms with Crippen LogP contribution in [0.3, 0.4) is 0 Å². The van der Waals surface area contributed by atoms with Crippen LogP contribution in [0.1, 0.15) is 13.8 Å². The van der Waals surface area contributed by atoms with Gasteiger partial charge in [0, 0.05) is 29.8 Å². The molecule has 0 aliphatic carbocycles. The average molecular weight is 337 g/mol. The van der Waals surface area contributed by atoms with E-state index in [1.807, 2.05) is 20.0 Å². The smallest absolute Gasteiger partial charge is 0.234 e. The quantitative estimate of drug-likeness (QED) is 0.685. The van der Waals surface area contributed by atoms with Crippen molar-refractivity contribution in [3.8, 4) is 11.3 Å². The summed E-state index contributed by atoms with van der Waals surface area (Å²) in [5.74, 6) is 0.154. The Hall–Kier alpha value is -1.95. The van der Waals surface area contributed by atoms with Gasteiger partial charge in [-0.25, -0.2) is 14.4 Å². The summed E-state index contributed by atoms with van der Waals surface area (Å²) in [6, 6.07) is 4.41. The summed E-state index contributed by atoms with van der Waals surface area (Å²) < 4.78 is 16.3. The van der Waals surface area contributed by atoms with Gasteiger partial charge in [0.15, 0.2) is 0 Å². The maximum absolute atomic E-state index is 13.7. The minimum atomic E-state index is -0.355. The summed E-state index contributed by atoms with van der Waals surface area (Å²) in [5, 5.41) is 0. The van der Waals surface area contributed by atoms with Gasteiger partial charge >= 0.3 is 0 Å². The standard InChI is InChI=1S/C12H8BrFN4.C2H6/c13-7-4-16-12-17-11(6-18(12)5-7)9-3-8(15)1-2-10(9)14;1-2/h1-6H,15H2;1-2H3.